The van der Waals surface area contributed by atoms with Crippen LogP contribution in [0.1, 0.15) is 18.5 Å². The van der Waals surface area contributed by atoms with Crippen molar-refractivity contribution in [3.8, 4) is 0 Å². The van der Waals surface area contributed by atoms with E-state index in [9.17, 15) is 8.42 Å². The molecule has 5 rings (SSSR count). The zero-order valence-corrected chi connectivity index (χ0v) is 18.5. The second-order valence-electron chi connectivity index (χ2n) is 7.34. The fourth-order valence-corrected chi connectivity index (χ4v) is 4.94. The minimum Gasteiger partial charge on any atom is -0.363 e. The van der Waals surface area contributed by atoms with Crippen LogP contribution in [0.4, 0.5) is 5.82 Å². The molecule has 3 aromatic carbocycles. The first-order valence-electron chi connectivity index (χ1n) is 9.91. The van der Waals surface area contributed by atoms with Gasteiger partial charge in [0.2, 0.25) is 14.9 Å². The van der Waals surface area contributed by atoms with Crippen LogP contribution in [0.25, 0.3) is 16.6 Å². The van der Waals surface area contributed by atoms with Crippen LogP contribution in [0, 0.1) is 0 Å². The topological polar surface area (TPSA) is 89.2 Å². The van der Waals surface area contributed by atoms with Crippen LogP contribution in [-0.2, 0) is 9.84 Å². The summed E-state index contributed by atoms with van der Waals surface area (Å²) >= 11 is 5.92. The van der Waals surface area contributed by atoms with E-state index in [2.05, 4.69) is 20.6 Å². The molecule has 160 valence electrons. The Bertz CT molecular complexity index is 1530. The third kappa shape index (κ3) is 3.47. The molecule has 2 heterocycles. The minimum atomic E-state index is -3.95. The second-order valence-corrected chi connectivity index (χ2v) is 9.64. The normalized spacial score (nSPS) is 12.8. The minimum absolute atomic E-state index is 0.0539. The Balaban J connectivity index is 1.69. The number of sulfone groups is 1. The zero-order chi connectivity index (χ0) is 22.3. The fourth-order valence-electron chi connectivity index (χ4n) is 3.58. The number of nitrogens with one attached hydrogen (secondary N) is 1. The van der Waals surface area contributed by atoms with Gasteiger partial charge in [-0.3, -0.25) is 0 Å². The van der Waals surface area contributed by atoms with Crippen LogP contribution in [0.2, 0.25) is 5.02 Å². The van der Waals surface area contributed by atoms with Crippen LogP contribution in [-0.4, -0.2) is 28.2 Å². The van der Waals surface area contributed by atoms with Crippen molar-refractivity contribution in [3.63, 3.8) is 0 Å². The molecule has 0 aliphatic carbocycles. The molecule has 0 fully saturated rings. The number of benzene rings is 3. The summed E-state index contributed by atoms with van der Waals surface area (Å²) < 4.78 is 28.0. The monoisotopic (exact) mass is 463 g/mol. The smallest absolute Gasteiger partial charge is 0.229 e. The van der Waals surface area contributed by atoms with Crippen molar-refractivity contribution in [1.29, 1.82) is 0 Å². The summed E-state index contributed by atoms with van der Waals surface area (Å²) in [5, 5.41) is 12.6. The van der Waals surface area contributed by atoms with E-state index in [-0.39, 0.29) is 21.6 Å². The van der Waals surface area contributed by atoms with Crippen LogP contribution in [0.5, 0.6) is 0 Å². The van der Waals surface area contributed by atoms with Crippen molar-refractivity contribution in [2.45, 2.75) is 22.9 Å². The van der Waals surface area contributed by atoms with Gasteiger partial charge in [0.1, 0.15) is 5.82 Å². The molecule has 0 aliphatic heterocycles. The maximum absolute atomic E-state index is 13.3. The highest BCUT2D eigenvalue weighted by Gasteiger charge is 2.27. The molecule has 0 spiro atoms. The maximum Gasteiger partial charge on any atom is 0.229 e. The van der Waals surface area contributed by atoms with E-state index in [0.29, 0.717) is 16.4 Å². The van der Waals surface area contributed by atoms with Crippen molar-refractivity contribution in [2.75, 3.05) is 5.32 Å². The van der Waals surface area contributed by atoms with Gasteiger partial charge in [-0.15, -0.1) is 5.10 Å². The first-order chi connectivity index (χ1) is 15.4. The Labute approximate surface area is 189 Å². The molecule has 0 saturated heterocycles. The summed E-state index contributed by atoms with van der Waals surface area (Å²) in [4.78, 5) is 4.74. The molecule has 32 heavy (non-hydrogen) atoms. The number of hydrogen-bond donors (Lipinski definition) is 1. The van der Waals surface area contributed by atoms with Crippen LogP contribution < -0.4 is 5.32 Å². The van der Waals surface area contributed by atoms with Gasteiger partial charge in [0, 0.05) is 16.5 Å². The molecule has 0 saturated carbocycles. The molecule has 2 aromatic heterocycles. The van der Waals surface area contributed by atoms with E-state index in [1.54, 1.807) is 0 Å². The van der Waals surface area contributed by atoms with E-state index in [1.165, 1.54) is 28.8 Å². The van der Waals surface area contributed by atoms with Crippen LogP contribution in [0.3, 0.4) is 0 Å². The van der Waals surface area contributed by atoms with Gasteiger partial charge in [-0.25, -0.2) is 13.4 Å². The predicted octanol–water partition coefficient (Wildman–Crippen LogP) is 4.94. The first-order valence-corrected chi connectivity index (χ1v) is 11.8. The van der Waals surface area contributed by atoms with Crippen LogP contribution >= 0.6 is 11.6 Å². The Hall–Kier alpha value is -3.49. The van der Waals surface area contributed by atoms with Crippen molar-refractivity contribution >= 4 is 43.8 Å². The molecule has 9 heteroatoms. The molecule has 5 aromatic rings. The highest BCUT2D eigenvalue weighted by molar-refractivity contribution is 7.91. The van der Waals surface area contributed by atoms with Crippen molar-refractivity contribution in [1.82, 2.24) is 19.8 Å². The standard InChI is InChI=1S/C23H18ClN5O2S/c1-15(16-7-3-2-4-8-16)25-21-19-9-5-6-10-20(19)29-22(26-21)23(27-28-29)32(30,31)18-13-11-17(24)12-14-18/h2-15H,1H3,(H,25,26)/t15-/m1/s1. The SMILES string of the molecule is C[C@@H](Nc1nc2c(S(=O)(=O)c3ccc(Cl)cc3)nnn2c2ccccc12)c1ccccc1. The number of hydrogen-bond acceptors (Lipinski definition) is 6. The van der Waals surface area contributed by atoms with E-state index < -0.39 is 9.84 Å². The molecule has 1 N–H and O–H groups in total. The number of aromatic nitrogens is 4. The molecule has 0 bridgehead atoms. The van der Waals surface area contributed by atoms with Gasteiger partial charge in [0.25, 0.3) is 0 Å². The third-order valence-electron chi connectivity index (χ3n) is 5.25. The van der Waals surface area contributed by atoms with Gasteiger partial charge in [0.05, 0.1) is 10.4 Å². The van der Waals surface area contributed by atoms with Gasteiger partial charge in [-0.2, -0.15) is 4.52 Å². The first kappa shape index (κ1) is 20.4. The molecule has 0 radical (unpaired) electrons. The molecule has 0 unspecified atom stereocenters. The van der Waals surface area contributed by atoms with Gasteiger partial charge >= 0.3 is 0 Å². The summed E-state index contributed by atoms with van der Waals surface area (Å²) in [6, 6.07) is 23.4. The largest absolute Gasteiger partial charge is 0.363 e. The van der Waals surface area contributed by atoms with Gasteiger partial charge in [-0.1, -0.05) is 59.3 Å². The Morgan fingerprint density at radius 3 is 2.38 bits per heavy atom. The highest BCUT2D eigenvalue weighted by Crippen LogP contribution is 2.30. The number of para-hydroxylation sites is 1. The molecule has 0 aliphatic rings. The van der Waals surface area contributed by atoms with E-state index in [4.69, 9.17) is 11.6 Å². The summed E-state index contributed by atoms with van der Waals surface area (Å²) in [6.07, 6.45) is 0. The van der Waals surface area contributed by atoms with E-state index >= 15 is 0 Å². The molecule has 0 amide bonds. The average Bonchev–Trinajstić information content (AvgIpc) is 3.25. The second kappa shape index (κ2) is 7.89. The van der Waals surface area contributed by atoms with Gasteiger partial charge in [-0.05, 0) is 48.9 Å². The number of halogens is 1. The van der Waals surface area contributed by atoms with Crippen molar-refractivity contribution < 1.29 is 8.42 Å². The average molecular weight is 464 g/mol. The fraction of sp³-hybridized carbons (Fsp3) is 0.0870. The lowest BCUT2D eigenvalue weighted by Crippen LogP contribution is -2.10. The molecular weight excluding hydrogens is 446 g/mol. The molecule has 7 nitrogen and oxygen atoms in total. The summed E-state index contributed by atoms with van der Waals surface area (Å²) in [5.74, 6) is 0.555. The predicted molar refractivity (Wildman–Crippen MR) is 124 cm³/mol. The Morgan fingerprint density at radius 2 is 1.62 bits per heavy atom. The highest BCUT2D eigenvalue weighted by atomic mass is 35.5. The summed E-state index contributed by atoms with van der Waals surface area (Å²) in [6.45, 7) is 2.02. The molecular formula is C23H18ClN5O2S. The van der Waals surface area contributed by atoms with E-state index in [1.807, 2.05) is 61.5 Å². The van der Waals surface area contributed by atoms with Crippen LogP contribution in [0.15, 0.2) is 88.8 Å². The van der Waals surface area contributed by atoms with E-state index in [0.717, 1.165) is 10.9 Å². The van der Waals surface area contributed by atoms with Gasteiger partial charge < -0.3 is 5.32 Å². The quantitative estimate of drug-likeness (QED) is 0.397. The Morgan fingerprint density at radius 1 is 0.938 bits per heavy atom. The number of anilines is 1. The summed E-state index contributed by atoms with van der Waals surface area (Å²) in [7, 11) is -3.95. The lowest BCUT2D eigenvalue weighted by molar-refractivity contribution is 0.592. The zero-order valence-electron chi connectivity index (χ0n) is 17.0. The third-order valence-corrected chi connectivity index (χ3v) is 7.17. The number of rotatable bonds is 5. The number of nitrogens with zero attached hydrogens (tertiary/aromatic N) is 4. The van der Waals surface area contributed by atoms with Crippen molar-refractivity contribution in [3.05, 3.63) is 89.4 Å². The Kier molecular flexibility index (Phi) is 5.03. The maximum atomic E-state index is 13.3. The lowest BCUT2D eigenvalue weighted by Gasteiger charge is -2.17. The number of fused-ring (bicyclic) bond motifs is 3. The van der Waals surface area contributed by atoms with Gasteiger partial charge in [0.15, 0.2) is 5.65 Å². The summed E-state index contributed by atoms with van der Waals surface area (Å²) in [5.41, 5.74) is 1.94. The van der Waals surface area contributed by atoms with Crippen molar-refractivity contribution in [2.24, 2.45) is 0 Å². The molecule has 1 atom stereocenters. The lowest BCUT2D eigenvalue weighted by atomic mass is 10.1.